The largest absolute Gasteiger partial charge is 0.466 e. The Morgan fingerprint density at radius 1 is 1.10 bits per heavy atom. The molecule has 0 radical (unpaired) electrons. The monoisotopic (exact) mass is 430 g/mol. The molecule has 2 fully saturated rings. The molecule has 4 heterocycles. The lowest BCUT2D eigenvalue weighted by Crippen LogP contribution is -2.40. The number of nitrogens with zero attached hydrogens (tertiary/aromatic N) is 6. The Morgan fingerprint density at radius 2 is 1.83 bits per heavy atom. The van der Waals surface area contributed by atoms with Gasteiger partial charge in [-0.25, -0.2) is 15.0 Å². The van der Waals surface area contributed by atoms with Crippen LogP contribution in [0, 0.1) is 5.92 Å². The Morgan fingerprint density at radius 3 is 2.57 bits per heavy atom. The number of esters is 1. The summed E-state index contributed by atoms with van der Waals surface area (Å²) in [4.78, 5) is 41.8. The number of likely N-dealkylation sites (tertiary alicyclic amines) is 1. The van der Waals surface area contributed by atoms with E-state index in [0.29, 0.717) is 44.0 Å². The number of carbonyl (C=O) groups excluding carboxylic acids is 2. The van der Waals surface area contributed by atoms with Crippen molar-refractivity contribution in [1.82, 2.24) is 24.4 Å². The van der Waals surface area contributed by atoms with E-state index in [4.69, 9.17) is 4.74 Å². The highest BCUT2D eigenvalue weighted by Gasteiger charge is 2.29. The fraction of sp³-hybridized carbons (Fsp3) is 0.550. The van der Waals surface area contributed by atoms with Gasteiger partial charge in [0.1, 0.15) is 30.0 Å². The normalized spacial score (nSPS) is 17.8. The maximum absolute atomic E-state index is 12.9. The predicted molar refractivity (Wildman–Crippen MR) is 114 cm³/mol. The predicted octanol–water partition coefficient (Wildman–Crippen LogP) is 1.63. The highest BCUT2D eigenvalue weighted by molar-refractivity contribution is 7.99. The molecule has 2 aliphatic rings. The molecule has 4 rings (SSSR count). The minimum Gasteiger partial charge on any atom is -0.466 e. The molecule has 0 spiro atoms. The van der Waals surface area contributed by atoms with Crippen molar-refractivity contribution in [3.63, 3.8) is 0 Å². The van der Waals surface area contributed by atoms with E-state index in [1.807, 2.05) is 17.8 Å². The zero-order valence-corrected chi connectivity index (χ0v) is 17.9. The van der Waals surface area contributed by atoms with Crippen LogP contribution in [0.1, 0.15) is 30.3 Å². The fourth-order valence-electron chi connectivity index (χ4n) is 3.74. The van der Waals surface area contributed by atoms with Gasteiger partial charge in [-0.05, 0) is 19.8 Å². The number of aromatic nitrogens is 4. The summed E-state index contributed by atoms with van der Waals surface area (Å²) in [7, 11) is 0. The molecule has 1 amide bonds. The number of anilines is 1. The lowest BCUT2D eigenvalue weighted by Gasteiger charge is -2.30. The summed E-state index contributed by atoms with van der Waals surface area (Å²) in [5.41, 5.74) is 0.374. The van der Waals surface area contributed by atoms with Gasteiger partial charge < -0.3 is 14.5 Å². The molecule has 0 bridgehead atoms. The molecule has 0 aromatic carbocycles. The van der Waals surface area contributed by atoms with Gasteiger partial charge in [0.15, 0.2) is 0 Å². The van der Waals surface area contributed by atoms with E-state index in [-0.39, 0.29) is 17.8 Å². The molecule has 2 aromatic heterocycles. The number of amides is 1. The standard InChI is InChI=1S/C20H26N6O3S/c1-2-29-20(28)15-3-5-25(6-4-15)19(27)16-12-26(14-23-16)18-11-17(21-13-22-18)24-7-9-30-10-8-24/h11-15H,2-10H2,1H3. The summed E-state index contributed by atoms with van der Waals surface area (Å²) < 4.78 is 6.85. The first kappa shape index (κ1) is 20.6. The van der Waals surface area contributed by atoms with Gasteiger partial charge in [0.25, 0.3) is 5.91 Å². The Balaban J connectivity index is 1.41. The van der Waals surface area contributed by atoms with Crippen LogP contribution in [0.3, 0.4) is 0 Å². The van der Waals surface area contributed by atoms with Crippen LogP contribution in [0.15, 0.2) is 24.9 Å². The summed E-state index contributed by atoms with van der Waals surface area (Å²) in [6.45, 7) is 5.18. The number of rotatable bonds is 5. The molecule has 2 aromatic rings. The highest BCUT2D eigenvalue weighted by atomic mass is 32.2. The first-order valence-electron chi connectivity index (χ1n) is 10.3. The van der Waals surface area contributed by atoms with Gasteiger partial charge in [-0.2, -0.15) is 11.8 Å². The van der Waals surface area contributed by atoms with Crippen LogP contribution in [0.25, 0.3) is 5.82 Å². The van der Waals surface area contributed by atoms with Gasteiger partial charge in [0.2, 0.25) is 0 Å². The number of hydrogen-bond donors (Lipinski definition) is 0. The van der Waals surface area contributed by atoms with E-state index in [1.165, 1.54) is 0 Å². The molecule has 0 aliphatic carbocycles. The zero-order valence-electron chi connectivity index (χ0n) is 17.1. The Labute approximate surface area is 179 Å². The number of ether oxygens (including phenoxy) is 1. The fourth-order valence-corrected chi connectivity index (χ4v) is 4.65. The van der Waals surface area contributed by atoms with Crippen LogP contribution < -0.4 is 4.90 Å². The molecule has 0 unspecified atom stereocenters. The van der Waals surface area contributed by atoms with Crippen molar-refractivity contribution >= 4 is 29.5 Å². The van der Waals surface area contributed by atoms with E-state index in [2.05, 4.69) is 19.9 Å². The van der Waals surface area contributed by atoms with Crippen molar-refractivity contribution in [2.24, 2.45) is 5.92 Å². The van der Waals surface area contributed by atoms with Gasteiger partial charge in [0.05, 0.1) is 12.5 Å². The zero-order chi connectivity index (χ0) is 20.9. The molecule has 0 saturated carbocycles. The molecule has 2 saturated heterocycles. The topological polar surface area (TPSA) is 93.5 Å². The number of imidazole rings is 1. The average Bonchev–Trinajstić information content (AvgIpc) is 3.30. The van der Waals surface area contributed by atoms with Gasteiger partial charge >= 0.3 is 5.97 Å². The van der Waals surface area contributed by atoms with Crippen molar-refractivity contribution in [2.45, 2.75) is 19.8 Å². The van der Waals surface area contributed by atoms with Gasteiger partial charge in [-0.15, -0.1) is 0 Å². The Bertz CT molecular complexity index is 890. The number of piperidine rings is 1. The summed E-state index contributed by atoms with van der Waals surface area (Å²) in [5, 5.41) is 0. The molecule has 30 heavy (non-hydrogen) atoms. The third kappa shape index (κ3) is 4.58. The second kappa shape index (κ2) is 9.46. The molecular formula is C20H26N6O3S. The Hall–Kier alpha value is -2.62. The molecule has 0 N–H and O–H groups in total. The number of thioether (sulfide) groups is 1. The van der Waals surface area contributed by atoms with E-state index < -0.39 is 0 Å². The third-order valence-corrected chi connectivity index (χ3v) is 6.38. The smallest absolute Gasteiger partial charge is 0.309 e. The molecule has 9 nitrogen and oxygen atoms in total. The van der Waals surface area contributed by atoms with E-state index in [1.54, 1.807) is 35.2 Å². The van der Waals surface area contributed by atoms with E-state index in [0.717, 1.165) is 30.4 Å². The van der Waals surface area contributed by atoms with Crippen LogP contribution in [0.2, 0.25) is 0 Å². The van der Waals surface area contributed by atoms with Crippen molar-refractivity contribution in [3.05, 3.63) is 30.6 Å². The third-order valence-electron chi connectivity index (χ3n) is 5.44. The minimum absolute atomic E-state index is 0.126. The lowest BCUT2D eigenvalue weighted by molar-refractivity contribution is -0.149. The van der Waals surface area contributed by atoms with Crippen LogP contribution >= 0.6 is 11.8 Å². The van der Waals surface area contributed by atoms with Crippen LogP contribution in [0.4, 0.5) is 5.82 Å². The number of carbonyl (C=O) groups is 2. The maximum Gasteiger partial charge on any atom is 0.309 e. The molecule has 10 heteroatoms. The molecule has 160 valence electrons. The first-order chi connectivity index (χ1) is 14.7. The highest BCUT2D eigenvalue weighted by Crippen LogP contribution is 2.21. The van der Waals surface area contributed by atoms with Crippen LogP contribution in [0.5, 0.6) is 0 Å². The van der Waals surface area contributed by atoms with Crippen molar-refractivity contribution in [3.8, 4) is 5.82 Å². The van der Waals surface area contributed by atoms with Crippen molar-refractivity contribution in [2.75, 3.05) is 49.2 Å². The van der Waals surface area contributed by atoms with Gasteiger partial charge in [-0.1, -0.05) is 0 Å². The molecule has 2 aliphatic heterocycles. The number of hydrogen-bond acceptors (Lipinski definition) is 8. The van der Waals surface area contributed by atoms with E-state index >= 15 is 0 Å². The SMILES string of the molecule is CCOC(=O)C1CCN(C(=O)c2cn(-c3cc(N4CCSCC4)ncn3)cn2)CC1. The molecular weight excluding hydrogens is 404 g/mol. The second-order valence-corrected chi connectivity index (χ2v) is 8.54. The Kier molecular flexibility index (Phi) is 6.51. The average molecular weight is 431 g/mol. The second-order valence-electron chi connectivity index (χ2n) is 7.32. The van der Waals surface area contributed by atoms with Crippen molar-refractivity contribution in [1.29, 1.82) is 0 Å². The first-order valence-corrected chi connectivity index (χ1v) is 11.5. The summed E-state index contributed by atoms with van der Waals surface area (Å²) in [6, 6.07) is 1.93. The maximum atomic E-state index is 12.9. The summed E-state index contributed by atoms with van der Waals surface area (Å²) in [5.74, 6) is 3.35. The minimum atomic E-state index is -0.166. The van der Waals surface area contributed by atoms with Crippen molar-refractivity contribution < 1.29 is 14.3 Å². The lowest BCUT2D eigenvalue weighted by atomic mass is 9.97. The van der Waals surface area contributed by atoms with Gasteiger partial charge in [0, 0.05) is 49.9 Å². The summed E-state index contributed by atoms with van der Waals surface area (Å²) >= 11 is 1.95. The quantitative estimate of drug-likeness (QED) is 0.661. The van der Waals surface area contributed by atoms with Crippen LogP contribution in [-0.2, 0) is 9.53 Å². The van der Waals surface area contributed by atoms with Crippen LogP contribution in [-0.4, -0.2) is 80.6 Å². The molecule has 0 atom stereocenters. The van der Waals surface area contributed by atoms with E-state index in [9.17, 15) is 9.59 Å². The van der Waals surface area contributed by atoms with Gasteiger partial charge in [-0.3, -0.25) is 14.2 Å². The summed E-state index contributed by atoms with van der Waals surface area (Å²) in [6.07, 6.45) is 6.10.